The maximum atomic E-state index is 6.72. The standard InChI is InChI=1S/C16H15Cl2N/c17-14-9-3-8-13(15(14)18)16(19)10-4-6-11-5-1-2-7-12(11)16/h1-3,5,7-9H,4,6,10,19H2. The molecule has 2 N–H and O–H groups in total. The van der Waals surface area contributed by atoms with Crippen LogP contribution in [0.15, 0.2) is 42.5 Å². The highest BCUT2D eigenvalue weighted by Crippen LogP contribution is 2.42. The largest absolute Gasteiger partial charge is 0.318 e. The van der Waals surface area contributed by atoms with Crippen molar-refractivity contribution in [1.29, 1.82) is 0 Å². The molecular weight excluding hydrogens is 277 g/mol. The van der Waals surface area contributed by atoms with Crippen molar-refractivity contribution >= 4 is 23.2 Å². The second-order valence-electron chi connectivity index (χ2n) is 5.08. The minimum atomic E-state index is -0.531. The third-order valence-electron chi connectivity index (χ3n) is 3.95. The third kappa shape index (κ3) is 2.06. The molecule has 1 atom stereocenters. The van der Waals surface area contributed by atoms with E-state index < -0.39 is 5.54 Å². The molecule has 0 amide bonds. The summed E-state index contributed by atoms with van der Waals surface area (Å²) in [6, 6.07) is 14.0. The Balaban J connectivity index is 2.22. The van der Waals surface area contributed by atoms with E-state index in [4.69, 9.17) is 28.9 Å². The zero-order chi connectivity index (χ0) is 13.5. The fraction of sp³-hybridized carbons (Fsp3) is 0.250. The second kappa shape index (κ2) is 4.82. The predicted octanol–water partition coefficient (Wildman–Crippen LogP) is 4.53. The Morgan fingerprint density at radius 2 is 1.68 bits per heavy atom. The lowest BCUT2D eigenvalue weighted by molar-refractivity contribution is 0.443. The highest BCUT2D eigenvalue weighted by atomic mass is 35.5. The Morgan fingerprint density at radius 3 is 2.53 bits per heavy atom. The van der Waals surface area contributed by atoms with Crippen LogP contribution in [0.25, 0.3) is 0 Å². The van der Waals surface area contributed by atoms with Crippen molar-refractivity contribution in [3.63, 3.8) is 0 Å². The van der Waals surface area contributed by atoms with Crippen LogP contribution in [0.5, 0.6) is 0 Å². The van der Waals surface area contributed by atoms with Crippen LogP contribution in [0.2, 0.25) is 10.0 Å². The SMILES string of the molecule is NC1(c2cccc(Cl)c2Cl)CCCc2ccccc21. The summed E-state index contributed by atoms with van der Waals surface area (Å²) < 4.78 is 0. The zero-order valence-electron chi connectivity index (χ0n) is 10.5. The maximum absolute atomic E-state index is 6.72. The predicted molar refractivity (Wildman–Crippen MR) is 80.8 cm³/mol. The normalized spacial score (nSPS) is 22.1. The molecular formula is C16H15Cl2N. The van der Waals surface area contributed by atoms with E-state index >= 15 is 0 Å². The van der Waals surface area contributed by atoms with E-state index in [-0.39, 0.29) is 0 Å². The summed E-state index contributed by atoms with van der Waals surface area (Å²) in [5.41, 5.74) is 9.60. The molecule has 3 rings (SSSR count). The van der Waals surface area contributed by atoms with Gasteiger partial charge in [-0.15, -0.1) is 0 Å². The minimum absolute atomic E-state index is 0.531. The summed E-state index contributed by atoms with van der Waals surface area (Å²) in [5, 5.41) is 1.13. The molecule has 0 bridgehead atoms. The van der Waals surface area contributed by atoms with Gasteiger partial charge < -0.3 is 5.73 Å². The van der Waals surface area contributed by atoms with Crippen LogP contribution < -0.4 is 5.73 Å². The number of rotatable bonds is 1. The van der Waals surface area contributed by atoms with Crippen molar-refractivity contribution < 1.29 is 0 Å². The van der Waals surface area contributed by atoms with Gasteiger partial charge in [0.25, 0.3) is 0 Å². The molecule has 2 aromatic carbocycles. The van der Waals surface area contributed by atoms with Gasteiger partial charge in [0.15, 0.2) is 0 Å². The van der Waals surface area contributed by atoms with Gasteiger partial charge in [-0.1, -0.05) is 59.6 Å². The van der Waals surface area contributed by atoms with Crippen molar-refractivity contribution in [3.05, 3.63) is 69.2 Å². The first-order chi connectivity index (χ1) is 9.13. The zero-order valence-corrected chi connectivity index (χ0v) is 12.0. The summed E-state index contributed by atoms with van der Waals surface area (Å²) in [5.74, 6) is 0. The van der Waals surface area contributed by atoms with Crippen LogP contribution in [0, 0.1) is 0 Å². The van der Waals surface area contributed by atoms with Crippen LogP contribution in [0.1, 0.15) is 29.5 Å². The van der Waals surface area contributed by atoms with Crippen LogP contribution in [-0.2, 0) is 12.0 Å². The lowest BCUT2D eigenvalue weighted by atomic mass is 9.73. The van der Waals surface area contributed by atoms with E-state index in [1.807, 2.05) is 18.2 Å². The van der Waals surface area contributed by atoms with Crippen molar-refractivity contribution in [1.82, 2.24) is 0 Å². The second-order valence-corrected chi connectivity index (χ2v) is 5.87. The van der Waals surface area contributed by atoms with Gasteiger partial charge >= 0.3 is 0 Å². The Bertz CT molecular complexity index is 624. The number of nitrogens with two attached hydrogens (primary N) is 1. The number of benzene rings is 2. The van der Waals surface area contributed by atoms with Gasteiger partial charge in [-0.05, 0) is 42.0 Å². The fourth-order valence-electron chi connectivity index (χ4n) is 2.99. The molecule has 1 nitrogen and oxygen atoms in total. The number of hydrogen-bond donors (Lipinski definition) is 1. The molecule has 0 aliphatic heterocycles. The quantitative estimate of drug-likeness (QED) is 0.821. The Hall–Kier alpha value is -1.02. The topological polar surface area (TPSA) is 26.0 Å². The molecule has 3 heteroatoms. The third-order valence-corrected chi connectivity index (χ3v) is 4.77. The van der Waals surface area contributed by atoms with Crippen LogP contribution >= 0.6 is 23.2 Å². The molecule has 2 aromatic rings. The summed E-state index contributed by atoms with van der Waals surface area (Å²) in [6.45, 7) is 0. The molecule has 1 unspecified atom stereocenters. The summed E-state index contributed by atoms with van der Waals surface area (Å²) in [4.78, 5) is 0. The van der Waals surface area contributed by atoms with E-state index in [0.717, 1.165) is 24.8 Å². The molecule has 0 fully saturated rings. The molecule has 1 aliphatic rings. The van der Waals surface area contributed by atoms with Crippen LogP contribution in [-0.4, -0.2) is 0 Å². The summed E-state index contributed by atoms with van der Waals surface area (Å²) in [7, 11) is 0. The van der Waals surface area contributed by atoms with Crippen LogP contribution in [0.4, 0.5) is 0 Å². The number of aryl methyl sites for hydroxylation is 1. The molecule has 0 saturated carbocycles. The minimum Gasteiger partial charge on any atom is -0.318 e. The van der Waals surface area contributed by atoms with E-state index in [0.29, 0.717) is 10.0 Å². The van der Waals surface area contributed by atoms with E-state index in [2.05, 4.69) is 18.2 Å². The van der Waals surface area contributed by atoms with E-state index in [9.17, 15) is 0 Å². The number of fused-ring (bicyclic) bond motifs is 1. The van der Waals surface area contributed by atoms with Gasteiger partial charge in [0, 0.05) is 0 Å². The van der Waals surface area contributed by atoms with Gasteiger partial charge in [-0.2, -0.15) is 0 Å². The fourth-order valence-corrected chi connectivity index (χ4v) is 3.46. The van der Waals surface area contributed by atoms with Gasteiger partial charge in [-0.3, -0.25) is 0 Å². The number of hydrogen-bond acceptors (Lipinski definition) is 1. The lowest BCUT2D eigenvalue weighted by Crippen LogP contribution is -2.41. The van der Waals surface area contributed by atoms with Crippen molar-refractivity contribution in [3.8, 4) is 0 Å². The van der Waals surface area contributed by atoms with E-state index in [1.54, 1.807) is 6.07 Å². The van der Waals surface area contributed by atoms with Gasteiger partial charge in [0.05, 0.1) is 15.6 Å². The van der Waals surface area contributed by atoms with Crippen molar-refractivity contribution in [2.45, 2.75) is 24.8 Å². The smallest absolute Gasteiger partial charge is 0.0683 e. The van der Waals surface area contributed by atoms with Gasteiger partial charge in [0.1, 0.15) is 0 Å². The molecule has 0 spiro atoms. The molecule has 0 aromatic heterocycles. The molecule has 0 saturated heterocycles. The summed E-state index contributed by atoms with van der Waals surface area (Å²) >= 11 is 12.5. The first-order valence-electron chi connectivity index (χ1n) is 6.45. The van der Waals surface area contributed by atoms with E-state index in [1.165, 1.54) is 11.1 Å². The first-order valence-corrected chi connectivity index (χ1v) is 7.20. The lowest BCUT2D eigenvalue weighted by Gasteiger charge is -2.37. The van der Waals surface area contributed by atoms with Gasteiger partial charge in [0.2, 0.25) is 0 Å². The molecule has 0 heterocycles. The average molecular weight is 292 g/mol. The maximum Gasteiger partial charge on any atom is 0.0683 e. The molecule has 19 heavy (non-hydrogen) atoms. The Morgan fingerprint density at radius 1 is 0.947 bits per heavy atom. The average Bonchev–Trinajstić information content (AvgIpc) is 2.42. The monoisotopic (exact) mass is 291 g/mol. The van der Waals surface area contributed by atoms with Crippen molar-refractivity contribution in [2.24, 2.45) is 5.73 Å². The Labute approximate surface area is 123 Å². The number of halogens is 2. The molecule has 98 valence electrons. The van der Waals surface area contributed by atoms with Crippen molar-refractivity contribution in [2.75, 3.05) is 0 Å². The first kappa shape index (κ1) is 13.0. The molecule has 0 radical (unpaired) electrons. The highest BCUT2D eigenvalue weighted by molar-refractivity contribution is 6.42. The molecule has 1 aliphatic carbocycles. The Kier molecular flexibility index (Phi) is 3.30. The van der Waals surface area contributed by atoms with Gasteiger partial charge in [-0.25, -0.2) is 0 Å². The summed E-state index contributed by atoms with van der Waals surface area (Å²) in [6.07, 6.45) is 3.04. The highest BCUT2D eigenvalue weighted by Gasteiger charge is 2.36. The van der Waals surface area contributed by atoms with Crippen LogP contribution in [0.3, 0.4) is 0 Å².